The smallest absolute Gasteiger partial charge is 0.277 e. The molecule has 0 fully saturated rings. The number of amides is 1. The number of carbonyl (C=O) groups is 1. The number of hydrogen-bond donors (Lipinski definition) is 2. The van der Waals surface area contributed by atoms with Gasteiger partial charge in [-0.25, -0.2) is 0 Å². The molecule has 1 rings (SSSR count). The third kappa shape index (κ3) is 5.05. The van der Waals surface area contributed by atoms with Gasteiger partial charge in [-0.2, -0.15) is 0 Å². The first-order valence-electron chi connectivity index (χ1n) is 5.97. The topological polar surface area (TPSA) is 72.5 Å². The number of hydrogen-bond acceptors (Lipinski definition) is 5. The lowest BCUT2D eigenvalue weighted by Crippen LogP contribution is -3.04. The first-order valence-corrected chi connectivity index (χ1v) is 6.85. The van der Waals surface area contributed by atoms with Gasteiger partial charge in [-0.05, 0) is 20.8 Å². The molecular weight excluding hydrogens is 252 g/mol. The zero-order valence-corrected chi connectivity index (χ0v) is 12.3. The van der Waals surface area contributed by atoms with Gasteiger partial charge in [0.05, 0.1) is 19.3 Å². The van der Waals surface area contributed by atoms with Gasteiger partial charge in [0.2, 0.25) is 5.91 Å². The molecule has 0 aromatic carbocycles. The highest BCUT2D eigenvalue weighted by Gasteiger charge is 2.19. The number of carbonyl (C=O) groups excluding carboxylic acids is 1. The molecule has 0 unspecified atom stereocenters. The zero-order chi connectivity index (χ0) is 13.7. The average molecular weight is 273 g/mol. The normalized spacial score (nSPS) is 13.1. The van der Waals surface area contributed by atoms with E-state index in [-0.39, 0.29) is 17.2 Å². The van der Waals surface area contributed by atoms with E-state index in [4.69, 9.17) is 4.42 Å². The van der Waals surface area contributed by atoms with Crippen LogP contribution in [0.15, 0.2) is 9.64 Å². The van der Waals surface area contributed by atoms with Crippen LogP contribution in [0.2, 0.25) is 0 Å². The quantitative estimate of drug-likeness (QED) is 0.698. The van der Waals surface area contributed by atoms with Crippen LogP contribution in [0.5, 0.6) is 0 Å². The molecule has 6 nitrogen and oxygen atoms in total. The van der Waals surface area contributed by atoms with Crippen molar-refractivity contribution >= 4 is 17.7 Å². The van der Waals surface area contributed by atoms with Crippen LogP contribution >= 0.6 is 11.8 Å². The Bertz CT molecular complexity index is 392. The second kappa shape index (κ2) is 6.75. The maximum Gasteiger partial charge on any atom is 0.277 e. The van der Waals surface area contributed by atoms with E-state index >= 15 is 0 Å². The Hall–Kier alpha value is -1.08. The molecule has 18 heavy (non-hydrogen) atoms. The summed E-state index contributed by atoms with van der Waals surface area (Å²) in [6, 6.07) is 0.135. The van der Waals surface area contributed by atoms with Gasteiger partial charge in [-0.3, -0.25) is 4.79 Å². The van der Waals surface area contributed by atoms with Crippen LogP contribution in [-0.4, -0.2) is 41.5 Å². The average Bonchev–Trinajstić information content (AvgIpc) is 2.63. The van der Waals surface area contributed by atoms with Crippen LogP contribution in [0.3, 0.4) is 0 Å². The van der Waals surface area contributed by atoms with Crippen molar-refractivity contribution in [3.05, 3.63) is 5.89 Å². The summed E-state index contributed by atoms with van der Waals surface area (Å²) < 4.78 is 5.46. The molecule has 1 heterocycles. The van der Waals surface area contributed by atoms with Crippen molar-refractivity contribution in [2.75, 3.05) is 14.1 Å². The highest BCUT2D eigenvalue weighted by Crippen LogP contribution is 2.21. The van der Waals surface area contributed by atoms with Crippen molar-refractivity contribution in [3.63, 3.8) is 0 Å². The molecule has 0 aliphatic heterocycles. The molecule has 1 atom stereocenters. The summed E-state index contributed by atoms with van der Waals surface area (Å²) in [5.41, 5.74) is 0. The lowest BCUT2D eigenvalue weighted by atomic mass is 10.3. The van der Waals surface area contributed by atoms with Gasteiger partial charge in [0, 0.05) is 6.04 Å². The molecule has 0 radical (unpaired) electrons. The van der Waals surface area contributed by atoms with Gasteiger partial charge in [-0.1, -0.05) is 11.8 Å². The number of nitrogens with one attached hydrogen (secondary N) is 2. The fraction of sp³-hybridized carbons (Fsp3) is 0.727. The van der Waals surface area contributed by atoms with Crippen LogP contribution in [0.4, 0.5) is 0 Å². The molecule has 0 bridgehead atoms. The standard InChI is InChI=1S/C11H20N4O2S/c1-7(2)12-10(16)8(3)18-11-14-13-9(17-11)6-15(4)5/h7-8H,6H2,1-5H3,(H,12,16)/p+1/t8-/m1/s1. The Morgan fingerprint density at radius 3 is 2.61 bits per heavy atom. The summed E-state index contributed by atoms with van der Waals surface area (Å²) in [5, 5.41) is 10.9. The molecule has 1 aromatic rings. The molecular formula is C11H21N4O2S+. The van der Waals surface area contributed by atoms with Gasteiger partial charge in [0.1, 0.15) is 0 Å². The van der Waals surface area contributed by atoms with Crippen LogP contribution in [0.25, 0.3) is 0 Å². The summed E-state index contributed by atoms with van der Waals surface area (Å²) in [6.07, 6.45) is 0. The number of rotatable bonds is 6. The summed E-state index contributed by atoms with van der Waals surface area (Å²) in [7, 11) is 4.02. The second-order valence-corrected chi connectivity index (χ2v) is 6.06. The fourth-order valence-corrected chi connectivity index (χ4v) is 1.98. The Kier molecular flexibility index (Phi) is 5.61. The summed E-state index contributed by atoms with van der Waals surface area (Å²) >= 11 is 1.28. The molecule has 1 amide bonds. The highest BCUT2D eigenvalue weighted by atomic mass is 32.2. The summed E-state index contributed by atoms with van der Waals surface area (Å²) in [4.78, 5) is 12.9. The monoisotopic (exact) mass is 273 g/mol. The third-order valence-electron chi connectivity index (χ3n) is 2.03. The van der Waals surface area contributed by atoms with Gasteiger partial charge in [0.15, 0.2) is 6.54 Å². The van der Waals surface area contributed by atoms with Gasteiger partial charge >= 0.3 is 0 Å². The van der Waals surface area contributed by atoms with Gasteiger partial charge < -0.3 is 14.6 Å². The molecule has 0 saturated heterocycles. The van der Waals surface area contributed by atoms with E-state index in [9.17, 15) is 4.79 Å². The molecule has 0 aliphatic rings. The van der Waals surface area contributed by atoms with Gasteiger partial charge in [0.25, 0.3) is 11.1 Å². The highest BCUT2D eigenvalue weighted by molar-refractivity contribution is 8.00. The number of thioether (sulfide) groups is 1. The zero-order valence-electron chi connectivity index (χ0n) is 11.5. The molecule has 7 heteroatoms. The third-order valence-corrected chi connectivity index (χ3v) is 2.97. The number of nitrogens with zero attached hydrogens (tertiary/aromatic N) is 2. The Morgan fingerprint density at radius 2 is 2.06 bits per heavy atom. The first-order chi connectivity index (χ1) is 8.38. The predicted octanol–water partition coefficient (Wildman–Crippen LogP) is -0.281. The molecule has 0 spiro atoms. The minimum atomic E-state index is -0.243. The van der Waals surface area contributed by atoms with E-state index in [1.165, 1.54) is 16.7 Å². The minimum Gasteiger partial charge on any atom is -0.410 e. The predicted molar refractivity (Wildman–Crippen MR) is 69.4 cm³/mol. The molecule has 102 valence electrons. The maximum atomic E-state index is 11.7. The Labute approximate surface area is 112 Å². The second-order valence-electron chi connectivity index (χ2n) is 4.77. The SMILES string of the molecule is CC(C)NC(=O)[C@@H](C)Sc1nnc(C[NH+](C)C)o1. The first kappa shape index (κ1) is 15.0. The Morgan fingerprint density at radius 1 is 1.39 bits per heavy atom. The number of quaternary nitrogens is 1. The Balaban J connectivity index is 2.51. The van der Waals surface area contributed by atoms with E-state index in [0.29, 0.717) is 17.7 Å². The van der Waals surface area contributed by atoms with Crippen molar-refractivity contribution in [3.8, 4) is 0 Å². The molecule has 2 N–H and O–H groups in total. The van der Waals surface area contributed by atoms with Crippen molar-refractivity contribution < 1.29 is 14.1 Å². The lowest BCUT2D eigenvalue weighted by Gasteiger charge is -2.12. The van der Waals surface area contributed by atoms with Crippen molar-refractivity contribution in [1.82, 2.24) is 15.5 Å². The summed E-state index contributed by atoms with van der Waals surface area (Å²) in [5.74, 6) is 0.571. The minimum absolute atomic E-state index is 0.0204. The number of aromatic nitrogens is 2. The summed E-state index contributed by atoms with van der Waals surface area (Å²) in [6.45, 7) is 6.36. The van der Waals surface area contributed by atoms with E-state index in [1.54, 1.807) is 0 Å². The van der Waals surface area contributed by atoms with Crippen LogP contribution in [0.1, 0.15) is 26.7 Å². The largest absolute Gasteiger partial charge is 0.410 e. The molecule has 0 aliphatic carbocycles. The van der Waals surface area contributed by atoms with Crippen LogP contribution in [0, 0.1) is 0 Å². The molecule has 0 saturated carbocycles. The van der Waals surface area contributed by atoms with E-state index in [2.05, 4.69) is 15.5 Å². The van der Waals surface area contributed by atoms with E-state index in [0.717, 1.165) is 0 Å². The van der Waals surface area contributed by atoms with Crippen LogP contribution in [-0.2, 0) is 11.3 Å². The fourth-order valence-electron chi connectivity index (χ4n) is 1.27. The van der Waals surface area contributed by atoms with E-state index < -0.39 is 0 Å². The van der Waals surface area contributed by atoms with E-state index in [1.807, 2.05) is 34.9 Å². The van der Waals surface area contributed by atoms with Crippen molar-refractivity contribution in [2.24, 2.45) is 0 Å². The molecule has 1 aromatic heterocycles. The van der Waals surface area contributed by atoms with Crippen molar-refractivity contribution in [1.29, 1.82) is 0 Å². The van der Waals surface area contributed by atoms with Gasteiger partial charge in [-0.15, -0.1) is 10.2 Å². The lowest BCUT2D eigenvalue weighted by molar-refractivity contribution is -0.874. The van der Waals surface area contributed by atoms with Crippen LogP contribution < -0.4 is 10.2 Å². The maximum absolute atomic E-state index is 11.7. The van der Waals surface area contributed by atoms with Crippen molar-refractivity contribution in [2.45, 2.75) is 43.8 Å².